The smallest absolute Gasteiger partial charge is 0.123 e. The van der Waals surface area contributed by atoms with E-state index in [1.54, 1.807) is 11.3 Å². The predicted molar refractivity (Wildman–Crippen MR) is 73.1 cm³/mol. The first-order chi connectivity index (χ1) is 8.83. The van der Waals surface area contributed by atoms with Crippen molar-refractivity contribution < 1.29 is 4.74 Å². The third-order valence-corrected chi connectivity index (χ3v) is 4.83. The molecule has 0 spiro atoms. The topological polar surface area (TPSA) is 37.4 Å². The van der Waals surface area contributed by atoms with Gasteiger partial charge in [-0.2, -0.15) is 0 Å². The lowest BCUT2D eigenvalue weighted by Crippen LogP contribution is -2.33. The third-order valence-electron chi connectivity index (χ3n) is 3.88. The van der Waals surface area contributed by atoms with Crippen molar-refractivity contribution >= 4 is 11.3 Å². The van der Waals surface area contributed by atoms with Crippen LogP contribution in [0.2, 0.25) is 0 Å². The van der Waals surface area contributed by atoms with Crippen molar-refractivity contribution in [3.8, 4) is 0 Å². The zero-order valence-corrected chi connectivity index (χ0v) is 11.7. The monoisotopic (exact) mass is 267 g/mol. The van der Waals surface area contributed by atoms with E-state index in [1.165, 1.54) is 31.6 Å². The fourth-order valence-electron chi connectivity index (χ4n) is 2.66. The van der Waals surface area contributed by atoms with E-state index >= 15 is 0 Å². The number of nitrogens with zero attached hydrogens (tertiary/aromatic N) is 2. The van der Waals surface area contributed by atoms with Crippen LogP contribution >= 0.6 is 11.3 Å². The normalized spacial score (nSPS) is 27.5. The molecule has 0 aliphatic carbocycles. The summed E-state index contributed by atoms with van der Waals surface area (Å²) in [5.41, 5.74) is 1.29. The average Bonchev–Trinajstić information content (AvgIpc) is 2.90. The fraction of sp³-hybridized carbons (Fsp3) is 0.769. The van der Waals surface area contributed by atoms with Crippen molar-refractivity contribution in [2.75, 3.05) is 39.8 Å². The molecule has 3 rings (SSSR count). The summed E-state index contributed by atoms with van der Waals surface area (Å²) in [6.07, 6.45) is 2.65. The SMILES string of the molecule is CN1CCC(c2csc(C3CNCCO3)n2)CC1. The largest absolute Gasteiger partial charge is 0.368 e. The molecule has 18 heavy (non-hydrogen) atoms. The van der Waals surface area contributed by atoms with Crippen LogP contribution in [0, 0.1) is 0 Å². The van der Waals surface area contributed by atoms with Gasteiger partial charge in [0, 0.05) is 24.4 Å². The van der Waals surface area contributed by atoms with Gasteiger partial charge in [-0.3, -0.25) is 0 Å². The second kappa shape index (κ2) is 5.65. The van der Waals surface area contributed by atoms with E-state index in [0.29, 0.717) is 5.92 Å². The molecule has 2 aliphatic heterocycles. The highest BCUT2D eigenvalue weighted by Crippen LogP contribution is 2.31. The maximum absolute atomic E-state index is 5.76. The Labute approximate surface area is 112 Å². The highest BCUT2D eigenvalue weighted by Gasteiger charge is 2.24. The van der Waals surface area contributed by atoms with Gasteiger partial charge in [0.05, 0.1) is 12.3 Å². The van der Waals surface area contributed by atoms with E-state index in [2.05, 4.69) is 22.6 Å². The van der Waals surface area contributed by atoms with Gasteiger partial charge in [0.2, 0.25) is 0 Å². The summed E-state index contributed by atoms with van der Waals surface area (Å²) < 4.78 is 5.76. The van der Waals surface area contributed by atoms with Crippen molar-refractivity contribution in [3.05, 3.63) is 16.1 Å². The number of ether oxygens (including phenoxy) is 1. The standard InChI is InChI=1S/C13H21N3OS/c1-16-5-2-10(3-6-16)11-9-18-13(15-11)12-8-14-4-7-17-12/h9-10,12,14H,2-8H2,1H3. The third kappa shape index (κ3) is 2.74. The number of aromatic nitrogens is 1. The first-order valence-corrected chi connectivity index (χ1v) is 7.67. The molecule has 1 unspecified atom stereocenters. The summed E-state index contributed by atoms with van der Waals surface area (Å²) in [4.78, 5) is 7.22. The van der Waals surface area contributed by atoms with Crippen molar-refractivity contribution in [2.45, 2.75) is 24.9 Å². The zero-order valence-electron chi connectivity index (χ0n) is 10.9. The van der Waals surface area contributed by atoms with Gasteiger partial charge in [0.1, 0.15) is 11.1 Å². The Hall–Kier alpha value is -0.490. The molecule has 2 saturated heterocycles. The van der Waals surface area contributed by atoms with Crippen LogP contribution < -0.4 is 5.32 Å². The van der Waals surface area contributed by atoms with Gasteiger partial charge < -0.3 is 15.0 Å². The molecular weight excluding hydrogens is 246 g/mol. The van der Waals surface area contributed by atoms with Gasteiger partial charge in [0.15, 0.2) is 0 Å². The van der Waals surface area contributed by atoms with E-state index in [0.717, 1.165) is 24.7 Å². The maximum atomic E-state index is 5.76. The second-order valence-corrected chi connectivity index (χ2v) is 6.14. The summed E-state index contributed by atoms with van der Waals surface area (Å²) >= 11 is 1.76. The summed E-state index contributed by atoms with van der Waals surface area (Å²) in [7, 11) is 2.20. The molecule has 0 radical (unpaired) electrons. The van der Waals surface area contributed by atoms with Crippen molar-refractivity contribution in [1.82, 2.24) is 15.2 Å². The summed E-state index contributed by atoms with van der Waals surface area (Å²) in [5.74, 6) is 0.655. The minimum absolute atomic E-state index is 0.170. The molecule has 1 N–H and O–H groups in total. The minimum Gasteiger partial charge on any atom is -0.368 e. The molecular formula is C13H21N3OS. The number of hydrogen-bond acceptors (Lipinski definition) is 5. The Morgan fingerprint density at radius 3 is 3.00 bits per heavy atom. The van der Waals surface area contributed by atoms with Crippen LogP contribution in [0.1, 0.15) is 35.6 Å². The highest BCUT2D eigenvalue weighted by molar-refractivity contribution is 7.09. The second-order valence-electron chi connectivity index (χ2n) is 5.25. The molecule has 100 valence electrons. The average molecular weight is 267 g/mol. The molecule has 5 heteroatoms. The highest BCUT2D eigenvalue weighted by atomic mass is 32.1. The molecule has 1 aromatic rings. The van der Waals surface area contributed by atoms with Gasteiger partial charge in [-0.1, -0.05) is 0 Å². The molecule has 2 fully saturated rings. The number of thiazole rings is 1. The lowest BCUT2D eigenvalue weighted by molar-refractivity contribution is 0.0274. The van der Waals surface area contributed by atoms with Crippen molar-refractivity contribution in [1.29, 1.82) is 0 Å². The van der Waals surface area contributed by atoms with Crippen LogP contribution in [0.4, 0.5) is 0 Å². The quantitative estimate of drug-likeness (QED) is 0.883. The number of morpholine rings is 1. The molecule has 3 heterocycles. The Morgan fingerprint density at radius 1 is 1.44 bits per heavy atom. The fourth-order valence-corrected chi connectivity index (χ4v) is 3.61. The van der Waals surface area contributed by atoms with Gasteiger partial charge in [-0.05, 0) is 33.0 Å². The number of rotatable bonds is 2. The lowest BCUT2D eigenvalue weighted by atomic mass is 9.94. The van der Waals surface area contributed by atoms with E-state index in [-0.39, 0.29) is 6.10 Å². The van der Waals surface area contributed by atoms with E-state index in [9.17, 15) is 0 Å². The number of likely N-dealkylation sites (tertiary alicyclic amines) is 1. The Kier molecular flexibility index (Phi) is 3.94. The van der Waals surface area contributed by atoms with Crippen LogP contribution in [-0.2, 0) is 4.74 Å². The van der Waals surface area contributed by atoms with Crippen LogP contribution in [0.5, 0.6) is 0 Å². The van der Waals surface area contributed by atoms with Crippen molar-refractivity contribution in [3.63, 3.8) is 0 Å². The lowest BCUT2D eigenvalue weighted by Gasteiger charge is -2.28. The van der Waals surface area contributed by atoms with Gasteiger partial charge in [-0.25, -0.2) is 4.98 Å². The van der Waals surface area contributed by atoms with E-state index in [1.807, 2.05) is 0 Å². The van der Waals surface area contributed by atoms with E-state index < -0.39 is 0 Å². The van der Waals surface area contributed by atoms with Crippen LogP contribution in [0.15, 0.2) is 5.38 Å². The predicted octanol–water partition coefficient (Wildman–Crippen LogP) is 1.61. The molecule has 0 bridgehead atoms. The van der Waals surface area contributed by atoms with Gasteiger partial charge in [-0.15, -0.1) is 11.3 Å². The molecule has 0 saturated carbocycles. The minimum atomic E-state index is 0.170. The van der Waals surface area contributed by atoms with Crippen LogP contribution in [0.3, 0.4) is 0 Å². The number of piperidine rings is 1. The maximum Gasteiger partial charge on any atom is 0.123 e. The van der Waals surface area contributed by atoms with E-state index in [4.69, 9.17) is 9.72 Å². The first-order valence-electron chi connectivity index (χ1n) is 6.79. The van der Waals surface area contributed by atoms with Crippen molar-refractivity contribution in [2.24, 2.45) is 0 Å². The Morgan fingerprint density at radius 2 is 2.28 bits per heavy atom. The number of hydrogen-bond donors (Lipinski definition) is 1. The summed E-state index contributed by atoms with van der Waals surface area (Å²) in [6, 6.07) is 0. The molecule has 1 aromatic heterocycles. The van der Waals surface area contributed by atoms with Gasteiger partial charge in [0.25, 0.3) is 0 Å². The molecule has 2 aliphatic rings. The molecule has 4 nitrogen and oxygen atoms in total. The van der Waals surface area contributed by atoms with Crippen LogP contribution in [-0.4, -0.2) is 49.7 Å². The molecule has 1 atom stereocenters. The zero-order chi connectivity index (χ0) is 12.4. The first kappa shape index (κ1) is 12.5. The Balaban J connectivity index is 1.65. The van der Waals surface area contributed by atoms with Gasteiger partial charge >= 0.3 is 0 Å². The van der Waals surface area contributed by atoms with Crippen LogP contribution in [0.25, 0.3) is 0 Å². The number of nitrogens with one attached hydrogen (secondary N) is 1. The molecule has 0 aromatic carbocycles. The summed E-state index contributed by atoms with van der Waals surface area (Å²) in [5, 5.41) is 6.75. The Bertz CT molecular complexity index is 381. The summed E-state index contributed by atoms with van der Waals surface area (Å²) in [6.45, 7) is 5.05. The molecule has 0 amide bonds.